The Morgan fingerprint density at radius 1 is 1.79 bits per heavy atom. The van der Waals surface area contributed by atoms with Crippen LogP contribution in [0.4, 0.5) is 0 Å². The van der Waals surface area contributed by atoms with E-state index in [1.165, 1.54) is 0 Å². The van der Waals surface area contributed by atoms with Gasteiger partial charge in [0.2, 0.25) is 0 Å². The maximum Gasteiger partial charge on any atom is 0.321 e. The molecule has 0 aromatic rings. The predicted octanol–water partition coefficient (Wildman–Crippen LogP) is 0.570. The van der Waals surface area contributed by atoms with Gasteiger partial charge in [-0.15, -0.1) is 0 Å². The molecule has 1 aliphatic heterocycles. The molecule has 0 saturated carbocycles. The molecule has 1 saturated heterocycles. The number of aliphatic carboxylic acids is 1. The van der Waals surface area contributed by atoms with Crippen molar-refractivity contribution in [2.45, 2.75) is 30.7 Å². The van der Waals surface area contributed by atoms with Gasteiger partial charge in [-0.3, -0.25) is 4.79 Å². The molecule has 0 aromatic heterocycles. The number of likely N-dealkylation sites (N-methyl/N-ethyl adjacent to an activating group) is 1. The van der Waals surface area contributed by atoms with Gasteiger partial charge in [-0.2, -0.15) is 11.8 Å². The Bertz CT molecular complexity index is 200. The monoisotopic (exact) mass is 219 g/mol. The van der Waals surface area contributed by atoms with E-state index in [4.69, 9.17) is 9.84 Å². The Hall–Kier alpha value is -0.260. The second-order valence-corrected chi connectivity index (χ2v) is 4.69. The van der Waals surface area contributed by atoms with Gasteiger partial charge in [0, 0.05) is 17.6 Å². The number of carbonyl (C=O) groups is 1. The number of hydrogen-bond acceptors (Lipinski definition) is 4. The lowest BCUT2D eigenvalue weighted by molar-refractivity contribution is -0.138. The van der Waals surface area contributed by atoms with Crippen LogP contribution in [0.3, 0.4) is 0 Å². The summed E-state index contributed by atoms with van der Waals surface area (Å²) in [5.41, 5.74) is 0. The molecule has 1 heterocycles. The maximum absolute atomic E-state index is 10.7. The van der Waals surface area contributed by atoms with E-state index < -0.39 is 12.0 Å². The first-order chi connectivity index (χ1) is 6.65. The average Bonchev–Trinajstić information content (AvgIpc) is 2.52. The average molecular weight is 219 g/mol. The van der Waals surface area contributed by atoms with E-state index in [-0.39, 0.29) is 6.10 Å². The minimum atomic E-state index is -0.786. The van der Waals surface area contributed by atoms with Crippen molar-refractivity contribution in [2.75, 3.05) is 19.4 Å². The molecule has 0 amide bonds. The fourth-order valence-corrected chi connectivity index (χ4v) is 2.79. The lowest BCUT2D eigenvalue weighted by Crippen LogP contribution is -2.37. The Labute approximate surface area is 88.4 Å². The molecule has 5 heteroatoms. The van der Waals surface area contributed by atoms with Crippen molar-refractivity contribution < 1.29 is 14.6 Å². The van der Waals surface area contributed by atoms with Crippen molar-refractivity contribution in [2.24, 2.45) is 0 Å². The molecule has 82 valence electrons. The largest absolute Gasteiger partial charge is 0.480 e. The van der Waals surface area contributed by atoms with Crippen LogP contribution in [-0.2, 0) is 9.53 Å². The van der Waals surface area contributed by atoms with Crippen LogP contribution >= 0.6 is 11.8 Å². The van der Waals surface area contributed by atoms with Crippen molar-refractivity contribution in [3.63, 3.8) is 0 Å². The molecular weight excluding hydrogens is 202 g/mol. The summed E-state index contributed by atoms with van der Waals surface area (Å²) >= 11 is 1.68. The van der Waals surface area contributed by atoms with Crippen LogP contribution in [0.25, 0.3) is 0 Å². The van der Waals surface area contributed by atoms with Gasteiger partial charge in [0.05, 0.1) is 6.10 Å². The Kier molecular flexibility index (Phi) is 4.71. The minimum Gasteiger partial charge on any atom is -0.480 e. The molecule has 0 aliphatic carbocycles. The summed E-state index contributed by atoms with van der Waals surface area (Å²) < 4.78 is 5.40. The molecule has 4 nitrogen and oxygen atoms in total. The van der Waals surface area contributed by atoms with Crippen LogP contribution in [0, 0.1) is 0 Å². The molecule has 0 aromatic carbocycles. The standard InChI is InChI=1S/C9H17NO3S/c1-6-8(3-4-13-6)14-5-7(10-2)9(11)12/h6-8,10H,3-5H2,1-2H3,(H,11,12). The fraction of sp³-hybridized carbons (Fsp3) is 0.889. The molecular formula is C9H17NO3S. The molecule has 1 rings (SSSR count). The van der Waals surface area contributed by atoms with Gasteiger partial charge in [0.1, 0.15) is 6.04 Å². The van der Waals surface area contributed by atoms with E-state index in [2.05, 4.69) is 5.32 Å². The maximum atomic E-state index is 10.7. The summed E-state index contributed by atoms with van der Waals surface area (Å²) in [6.07, 6.45) is 1.29. The first kappa shape index (κ1) is 11.8. The highest BCUT2D eigenvalue weighted by atomic mass is 32.2. The lowest BCUT2D eigenvalue weighted by Gasteiger charge is -2.16. The van der Waals surface area contributed by atoms with Gasteiger partial charge in [-0.05, 0) is 20.4 Å². The second-order valence-electron chi connectivity index (χ2n) is 3.42. The van der Waals surface area contributed by atoms with Gasteiger partial charge in [-0.1, -0.05) is 0 Å². The molecule has 1 fully saturated rings. The van der Waals surface area contributed by atoms with Crippen LogP contribution in [-0.4, -0.2) is 47.9 Å². The number of rotatable bonds is 5. The third kappa shape index (κ3) is 3.15. The highest BCUT2D eigenvalue weighted by Gasteiger charge is 2.26. The Morgan fingerprint density at radius 2 is 2.50 bits per heavy atom. The summed E-state index contributed by atoms with van der Waals surface area (Å²) in [4.78, 5) is 10.7. The Morgan fingerprint density at radius 3 is 2.93 bits per heavy atom. The van der Waals surface area contributed by atoms with Crippen LogP contribution in [0.5, 0.6) is 0 Å². The van der Waals surface area contributed by atoms with E-state index in [0.29, 0.717) is 11.0 Å². The predicted molar refractivity (Wildman–Crippen MR) is 56.8 cm³/mol. The molecule has 0 radical (unpaired) electrons. The third-order valence-electron chi connectivity index (χ3n) is 2.43. The molecule has 2 N–H and O–H groups in total. The summed E-state index contributed by atoms with van der Waals surface area (Å²) in [5, 5.41) is 12.0. The summed E-state index contributed by atoms with van der Waals surface area (Å²) in [7, 11) is 1.67. The second kappa shape index (κ2) is 5.58. The molecule has 1 aliphatic rings. The Balaban J connectivity index is 2.27. The first-order valence-corrected chi connectivity index (χ1v) is 5.83. The quantitative estimate of drug-likeness (QED) is 0.708. The third-order valence-corrected chi connectivity index (χ3v) is 4.00. The van der Waals surface area contributed by atoms with E-state index in [1.807, 2.05) is 6.92 Å². The van der Waals surface area contributed by atoms with Crippen molar-refractivity contribution >= 4 is 17.7 Å². The molecule has 14 heavy (non-hydrogen) atoms. The number of carboxylic acids is 1. The molecule has 0 spiro atoms. The van der Waals surface area contributed by atoms with Crippen LogP contribution in [0.2, 0.25) is 0 Å². The normalized spacial score (nSPS) is 29.0. The van der Waals surface area contributed by atoms with Crippen molar-refractivity contribution in [3.8, 4) is 0 Å². The zero-order valence-electron chi connectivity index (χ0n) is 8.53. The molecule has 0 bridgehead atoms. The summed E-state index contributed by atoms with van der Waals surface area (Å²) in [6, 6.07) is -0.451. The van der Waals surface area contributed by atoms with Crippen LogP contribution < -0.4 is 5.32 Å². The SMILES string of the molecule is CNC(CSC1CCOC1C)C(=O)O. The zero-order valence-corrected chi connectivity index (χ0v) is 9.34. The summed E-state index contributed by atoms with van der Waals surface area (Å²) in [6.45, 7) is 2.84. The van der Waals surface area contributed by atoms with Gasteiger partial charge in [-0.25, -0.2) is 0 Å². The lowest BCUT2D eigenvalue weighted by atomic mass is 10.3. The summed E-state index contributed by atoms with van der Waals surface area (Å²) in [5.74, 6) is -0.184. The van der Waals surface area contributed by atoms with Crippen molar-refractivity contribution in [3.05, 3.63) is 0 Å². The van der Waals surface area contributed by atoms with Crippen molar-refractivity contribution in [1.82, 2.24) is 5.32 Å². The molecule has 3 atom stereocenters. The number of thioether (sulfide) groups is 1. The van der Waals surface area contributed by atoms with E-state index in [9.17, 15) is 4.79 Å². The fourth-order valence-electron chi connectivity index (χ4n) is 1.43. The van der Waals surface area contributed by atoms with Crippen LogP contribution in [0.1, 0.15) is 13.3 Å². The first-order valence-electron chi connectivity index (χ1n) is 4.78. The number of nitrogens with one attached hydrogen (secondary N) is 1. The number of carboxylic acid groups (broad SMARTS) is 1. The van der Waals surface area contributed by atoms with E-state index >= 15 is 0 Å². The van der Waals surface area contributed by atoms with Crippen LogP contribution in [0.15, 0.2) is 0 Å². The van der Waals surface area contributed by atoms with E-state index in [1.54, 1.807) is 18.8 Å². The minimum absolute atomic E-state index is 0.256. The van der Waals surface area contributed by atoms with Gasteiger partial charge in [0.15, 0.2) is 0 Å². The smallest absolute Gasteiger partial charge is 0.321 e. The highest BCUT2D eigenvalue weighted by molar-refractivity contribution is 8.00. The van der Waals surface area contributed by atoms with Gasteiger partial charge < -0.3 is 15.2 Å². The number of hydrogen-bond donors (Lipinski definition) is 2. The van der Waals surface area contributed by atoms with E-state index in [0.717, 1.165) is 13.0 Å². The number of ether oxygens (including phenoxy) is 1. The zero-order chi connectivity index (χ0) is 10.6. The molecule has 3 unspecified atom stereocenters. The topological polar surface area (TPSA) is 58.6 Å². The van der Waals surface area contributed by atoms with Gasteiger partial charge >= 0.3 is 5.97 Å². The van der Waals surface area contributed by atoms with Gasteiger partial charge in [0.25, 0.3) is 0 Å². The van der Waals surface area contributed by atoms with Crippen molar-refractivity contribution in [1.29, 1.82) is 0 Å². The highest BCUT2D eigenvalue weighted by Crippen LogP contribution is 2.26.